The molecule has 6 nitrogen and oxygen atoms in total. The summed E-state index contributed by atoms with van der Waals surface area (Å²) in [5.74, 6) is 0.150. The van der Waals surface area contributed by atoms with E-state index in [0.29, 0.717) is 17.4 Å². The summed E-state index contributed by atoms with van der Waals surface area (Å²) in [6.07, 6.45) is 1.64. The molecule has 3 N–H and O–H groups in total. The predicted molar refractivity (Wildman–Crippen MR) is 81.9 cm³/mol. The molecule has 112 valence electrons. The molecule has 0 bridgehead atoms. The first-order valence-corrected chi connectivity index (χ1v) is 7.19. The Hall–Kier alpha value is -1.34. The van der Waals surface area contributed by atoms with E-state index in [4.69, 9.17) is 0 Å². The summed E-state index contributed by atoms with van der Waals surface area (Å²) in [5, 5.41) is 14.7. The van der Waals surface area contributed by atoms with Crippen LogP contribution in [0.1, 0.15) is 20.3 Å². The first-order chi connectivity index (χ1) is 9.31. The van der Waals surface area contributed by atoms with Gasteiger partial charge >= 0.3 is 6.03 Å². The lowest BCUT2D eigenvalue weighted by molar-refractivity contribution is 0.117. The zero-order chi connectivity index (χ0) is 15.3. The predicted octanol–water partition coefficient (Wildman–Crippen LogP) is 1.68. The van der Waals surface area contributed by atoms with Crippen molar-refractivity contribution in [1.82, 2.24) is 9.88 Å². The van der Waals surface area contributed by atoms with Crippen LogP contribution in [0, 0.1) is 5.92 Å². The van der Waals surface area contributed by atoms with Gasteiger partial charge < -0.3 is 20.3 Å². The van der Waals surface area contributed by atoms with Crippen molar-refractivity contribution >= 4 is 27.6 Å². The van der Waals surface area contributed by atoms with Crippen LogP contribution in [0.15, 0.2) is 21.5 Å². The minimum atomic E-state index is -0.462. The average Bonchev–Trinajstić information content (AvgIpc) is 2.35. The van der Waals surface area contributed by atoms with Crippen molar-refractivity contribution in [2.45, 2.75) is 26.4 Å². The molecule has 1 aromatic rings. The van der Waals surface area contributed by atoms with Crippen LogP contribution in [0.2, 0.25) is 0 Å². The Kier molecular flexibility index (Phi) is 6.22. The summed E-state index contributed by atoms with van der Waals surface area (Å²) in [5.41, 5.74) is -0.0886. The summed E-state index contributed by atoms with van der Waals surface area (Å²) in [7, 11) is 1.61. The van der Waals surface area contributed by atoms with Crippen LogP contribution in [0.3, 0.4) is 0 Å². The van der Waals surface area contributed by atoms with Crippen LogP contribution in [0.5, 0.6) is 0 Å². The number of anilines is 1. The Labute approximate surface area is 126 Å². The molecule has 0 aliphatic rings. The molecule has 1 aromatic heterocycles. The van der Waals surface area contributed by atoms with Crippen molar-refractivity contribution in [3.8, 4) is 0 Å². The normalized spacial score (nSPS) is 12.3. The van der Waals surface area contributed by atoms with E-state index in [1.165, 1.54) is 4.57 Å². The number of pyridine rings is 1. The highest BCUT2D eigenvalue weighted by Crippen LogP contribution is 2.11. The van der Waals surface area contributed by atoms with Crippen LogP contribution in [-0.4, -0.2) is 28.4 Å². The van der Waals surface area contributed by atoms with Crippen LogP contribution >= 0.6 is 15.9 Å². The summed E-state index contributed by atoms with van der Waals surface area (Å²) >= 11 is 3.26. The number of halogens is 1. The topological polar surface area (TPSA) is 83.4 Å². The largest absolute Gasteiger partial charge is 0.393 e. The molecule has 0 saturated carbocycles. The van der Waals surface area contributed by atoms with Crippen molar-refractivity contribution in [3.05, 3.63) is 27.1 Å². The summed E-state index contributed by atoms with van der Waals surface area (Å²) in [6.45, 7) is 4.17. The number of aliphatic hydroxyl groups excluding tert-OH is 1. The van der Waals surface area contributed by atoms with E-state index in [2.05, 4.69) is 26.6 Å². The third kappa shape index (κ3) is 4.97. The van der Waals surface area contributed by atoms with Gasteiger partial charge in [-0.3, -0.25) is 4.79 Å². The summed E-state index contributed by atoms with van der Waals surface area (Å²) in [4.78, 5) is 23.5. The number of hydrogen-bond acceptors (Lipinski definition) is 3. The van der Waals surface area contributed by atoms with Gasteiger partial charge in [-0.15, -0.1) is 0 Å². The summed E-state index contributed by atoms with van der Waals surface area (Å²) in [6, 6.07) is 1.08. The molecule has 0 saturated heterocycles. The van der Waals surface area contributed by atoms with E-state index in [0.717, 1.165) is 0 Å². The molecule has 0 aromatic carbocycles. The van der Waals surface area contributed by atoms with Gasteiger partial charge in [0.25, 0.3) is 5.56 Å². The quantitative estimate of drug-likeness (QED) is 0.759. The fourth-order valence-corrected chi connectivity index (χ4v) is 2.13. The van der Waals surface area contributed by atoms with Gasteiger partial charge in [0.15, 0.2) is 0 Å². The first kappa shape index (κ1) is 16.7. The molecular formula is C13H20BrN3O3. The van der Waals surface area contributed by atoms with Crippen LogP contribution < -0.4 is 16.2 Å². The fourth-order valence-electron chi connectivity index (χ4n) is 1.59. The van der Waals surface area contributed by atoms with Crippen molar-refractivity contribution in [2.24, 2.45) is 13.0 Å². The molecule has 1 atom stereocenters. The molecular weight excluding hydrogens is 326 g/mol. The Bertz CT molecular complexity index is 528. The lowest BCUT2D eigenvalue weighted by atomic mass is 10.0. The molecule has 0 radical (unpaired) electrons. The molecule has 0 aliphatic heterocycles. The van der Waals surface area contributed by atoms with Gasteiger partial charge in [-0.1, -0.05) is 13.8 Å². The lowest BCUT2D eigenvalue weighted by Gasteiger charge is -2.14. The first-order valence-electron chi connectivity index (χ1n) is 6.40. The number of carbonyl (C=O) groups is 1. The second-order valence-electron chi connectivity index (χ2n) is 4.97. The SMILES string of the molecule is CC(C)C(O)CCNC(=O)Nc1cc(Br)cn(C)c1=O. The van der Waals surface area contributed by atoms with Crippen LogP contribution in [-0.2, 0) is 7.05 Å². The number of nitrogens with zero attached hydrogens (tertiary/aromatic N) is 1. The van der Waals surface area contributed by atoms with E-state index >= 15 is 0 Å². The summed E-state index contributed by atoms with van der Waals surface area (Å²) < 4.78 is 2.08. The number of aliphatic hydroxyl groups is 1. The second-order valence-corrected chi connectivity index (χ2v) is 5.88. The van der Waals surface area contributed by atoms with Gasteiger partial charge in [-0.05, 0) is 34.3 Å². The Morgan fingerprint density at radius 2 is 2.15 bits per heavy atom. The Balaban J connectivity index is 2.53. The maximum Gasteiger partial charge on any atom is 0.319 e. The molecule has 0 fully saturated rings. The van der Waals surface area contributed by atoms with Gasteiger partial charge in [0.05, 0.1) is 6.10 Å². The van der Waals surface area contributed by atoms with E-state index in [1.54, 1.807) is 19.3 Å². The molecule has 1 unspecified atom stereocenters. The van der Waals surface area contributed by atoms with Crippen LogP contribution in [0.25, 0.3) is 0 Å². The zero-order valence-electron chi connectivity index (χ0n) is 11.8. The standard InChI is InChI=1S/C13H20BrN3O3/c1-8(2)11(18)4-5-15-13(20)16-10-6-9(14)7-17(3)12(10)19/h6-8,11,18H,4-5H2,1-3H3,(H2,15,16,20). The Morgan fingerprint density at radius 1 is 1.50 bits per heavy atom. The molecule has 2 amide bonds. The van der Waals surface area contributed by atoms with Gasteiger partial charge in [-0.25, -0.2) is 4.79 Å². The molecule has 0 spiro atoms. The van der Waals surface area contributed by atoms with Crippen molar-refractivity contribution in [2.75, 3.05) is 11.9 Å². The Morgan fingerprint density at radius 3 is 2.75 bits per heavy atom. The van der Waals surface area contributed by atoms with Gasteiger partial charge in [0.2, 0.25) is 0 Å². The highest BCUT2D eigenvalue weighted by Gasteiger charge is 2.11. The van der Waals surface area contributed by atoms with E-state index in [1.807, 2.05) is 13.8 Å². The minimum Gasteiger partial charge on any atom is -0.393 e. The number of urea groups is 1. The third-order valence-corrected chi connectivity index (χ3v) is 3.33. The average molecular weight is 346 g/mol. The highest BCUT2D eigenvalue weighted by molar-refractivity contribution is 9.10. The third-order valence-electron chi connectivity index (χ3n) is 2.89. The van der Waals surface area contributed by atoms with E-state index in [-0.39, 0.29) is 17.2 Å². The maximum atomic E-state index is 11.8. The molecule has 0 aliphatic carbocycles. The fraction of sp³-hybridized carbons (Fsp3) is 0.538. The minimum absolute atomic E-state index is 0.150. The highest BCUT2D eigenvalue weighted by atomic mass is 79.9. The monoisotopic (exact) mass is 345 g/mol. The van der Waals surface area contributed by atoms with Gasteiger partial charge in [0, 0.05) is 24.3 Å². The van der Waals surface area contributed by atoms with Crippen LogP contribution in [0.4, 0.5) is 10.5 Å². The lowest BCUT2D eigenvalue weighted by Crippen LogP contribution is -2.34. The molecule has 7 heteroatoms. The van der Waals surface area contributed by atoms with Gasteiger partial charge in [0.1, 0.15) is 5.69 Å². The maximum absolute atomic E-state index is 11.8. The number of nitrogens with one attached hydrogen (secondary N) is 2. The van der Waals surface area contributed by atoms with E-state index in [9.17, 15) is 14.7 Å². The number of amides is 2. The number of hydrogen-bond donors (Lipinski definition) is 3. The van der Waals surface area contributed by atoms with Crippen molar-refractivity contribution in [1.29, 1.82) is 0 Å². The second kappa shape index (κ2) is 7.44. The number of rotatable bonds is 5. The van der Waals surface area contributed by atoms with Crippen molar-refractivity contribution < 1.29 is 9.90 Å². The smallest absolute Gasteiger partial charge is 0.319 e. The number of aromatic nitrogens is 1. The molecule has 1 heterocycles. The molecule has 20 heavy (non-hydrogen) atoms. The van der Waals surface area contributed by atoms with E-state index < -0.39 is 12.1 Å². The van der Waals surface area contributed by atoms with Crippen molar-refractivity contribution in [3.63, 3.8) is 0 Å². The number of aryl methyl sites for hydroxylation is 1. The van der Waals surface area contributed by atoms with Gasteiger partial charge in [-0.2, -0.15) is 0 Å². The molecule has 1 rings (SSSR count). The number of carbonyl (C=O) groups excluding carboxylic acids is 1. The zero-order valence-corrected chi connectivity index (χ0v) is 13.4.